The summed E-state index contributed by atoms with van der Waals surface area (Å²) in [6, 6.07) is 4.75. The minimum absolute atomic E-state index is 0.404. The van der Waals surface area contributed by atoms with Gasteiger partial charge >= 0.3 is 0 Å². The molecule has 3 atom stereocenters. The molecule has 0 bridgehead atoms. The molecule has 2 nitrogen and oxygen atoms in total. The highest BCUT2D eigenvalue weighted by molar-refractivity contribution is 7.17. The Morgan fingerprint density at radius 2 is 2.41 bits per heavy atom. The number of nitrogens with one attached hydrogen (secondary N) is 1. The maximum absolute atomic E-state index is 4.49. The summed E-state index contributed by atoms with van der Waals surface area (Å²) in [7, 11) is 0. The predicted octanol–water partition coefficient (Wildman–Crippen LogP) is 3.60. The Balaban J connectivity index is 1.68. The average molecular weight is 246 g/mol. The van der Waals surface area contributed by atoms with Gasteiger partial charge in [0.1, 0.15) is 0 Å². The molecular weight excluding hydrogens is 228 g/mol. The Morgan fingerprint density at radius 1 is 1.59 bits per heavy atom. The summed E-state index contributed by atoms with van der Waals surface area (Å²) in [5.41, 5.74) is 2.41. The van der Waals surface area contributed by atoms with Crippen molar-refractivity contribution in [2.24, 2.45) is 11.8 Å². The molecule has 17 heavy (non-hydrogen) atoms. The summed E-state index contributed by atoms with van der Waals surface area (Å²) < 4.78 is 1.29. The molecule has 0 saturated heterocycles. The monoisotopic (exact) mass is 246 g/mol. The molecule has 1 N–H and O–H groups in total. The van der Waals surface area contributed by atoms with Crippen molar-refractivity contribution in [3.05, 3.63) is 29.3 Å². The van der Waals surface area contributed by atoms with Crippen LogP contribution in [0, 0.1) is 11.8 Å². The van der Waals surface area contributed by atoms with E-state index in [9.17, 15) is 0 Å². The summed E-state index contributed by atoms with van der Waals surface area (Å²) >= 11 is 1.77. The van der Waals surface area contributed by atoms with Gasteiger partial charge in [-0.25, -0.2) is 0 Å². The number of pyridine rings is 1. The summed E-state index contributed by atoms with van der Waals surface area (Å²) in [6.45, 7) is 5.70. The number of fused-ring (bicyclic) bond motifs is 1. The second-order valence-electron chi connectivity index (χ2n) is 5.18. The van der Waals surface area contributed by atoms with Gasteiger partial charge in [-0.05, 0) is 54.8 Å². The van der Waals surface area contributed by atoms with Gasteiger partial charge in [0, 0.05) is 12.2 Å². The molecule has 3 heteroatoms. The Kier molecular flexibility index (Phi) is 2.89. The van der Waals surface area contributed by atoms with Crippen LogP contribution in [-0.2, 0) is 0 Å². The lowest BCUT2D eigenvalue weighted by atomic mass is 10.1. The van der Waals surface area contributed by atoms with E-state index in [1.165, 1.54) is 16.7 Å². The van der Waals surface area contributed by atoms with E-state index in [1.807, 2.05) is 6.20 Å². The maximum atomic E-state index is 4.49. The molecule has 3 rings (SSSR count). The first-order valence-electron chi connectivity index (χ1n) is 6.30. The number of nitrogens with zero attached hydrogens (tertiary/aromatic N) is 1. The van der Waals surface area contributed by atoms with Crippen LogP contribution < -0.4 is 5.32 Å². The molecular formula is C14H18N2S. The summed E-state index contributed by atoms with van der Waals surface area (Å²) in [5.74, 6) is 1.82. The molecule has 2 aromatic rings. The molecule has 1 fully saturated rings. The molecule has 3 unspecified atom stereocenters. The van der Waals surface area contributed by atoms with Crippen molar-refractivity contribution in [3.8, 4) is 0 Å². The summed E-state index contributed by atoms with van der Waals surface area (Å²) in [4.78, 5) is 4.49. The number of rotatable bonds is 4. The Morgan fingerprint density at radius 3 is 3.18 bits per heavy atom. The van der Waals surface area contributed by atoms with E-state index in [2.05, 4.69) is 41.7 Å². The first kappa shape index (κ1) is 11.2. The topological polar surface area (TPSA) is 24.9 Å². The summed E-state index contributed by atoms with van der Waals surface area (Å²) in [5, 5.41) is 5.72. The Labute approximate surface area is 106 Å². The zero-order chi connectivity index (χ0) is 11.8. The zero-order valence-electron chi connectivity index (χ0n) is 10.3. The average Bonchev–Trinajstić information content (AvgIpc) is 2.86. The van der Waals surface area contributed by atoms with E-state index < -0.39 is 0 Å². The fourth-order valence-corrected chi connectivity index (χ4v) is 3.02. The van der Waals surface area contributed by atoms with Crippen molar-refractivity contribution >= 4 is 21.6 Å². The van der Waals surface area contributed by atoms with Gasteiger partial charge in [0.25, 0.3) is 0 Å². The Hall–Kier alpha value is -0.930. The molecule has 0 amide bonds. The van der Waals surface area contributed by atoms with Crippen LogP contribution in [0.4, 0.5) is 0 Å². The lowest BCUT2D eigenvalue weighted by molar-refractivity contribution is 0.534. The second-order valence-corrected chi connectivity index (χ2v) is 6.12. The molecule has 1 saturated carbocycles. The van der Waals surface area contributed by atoms with E-state index in [0.29, 0.717) is 6.04 Å². The third-order valence-electron chi connectivity index (χ3n) is 3.79. The lowest BCUT2D eigenvalue weighted by Crippen LogP contribution is -2.21. The predicted molar refractivity (Wildman–Crippen MR) is 73.3 cm³/mol. The van der Waals surface area contributed by atoms with E-state index >= 15 is 0 Å². The molecule has 0 spiro atoms. The van der Waals surface area contributed by atoms with Crippen LogP contribution in [0.15, 0.2) is 23.7 Å². The smallest absolute Gasteiger partial charge is 0.0809 e. The third kappa shape index (κ3) is 2.35. The van der Waals surface area contributed by atoms with Crippen molar-refractivity contribution < 1.29 is 0 Å². The SMILES string of the molecule is CC(NCC1CC1C)c1cnc2ccsc2c1. The van der Waals surface area contributed by atoms with Crippen molar-refractivity contribution in [3.63, 3.8) is 0 Å². The quantitative estimate of drug-likeness (QED) is 0.891. The molecule has 90 valence electrons. The maximum Gasteiger partial charge on any atom is 0.0809 e. The van der Waals surface area contributed by atoms with Gasteiger partial charge in [0.2, 0.25) is 0 Å². The van der Waals surface area contributed by atoms with Crippen LogP contribution in [0.1, 0.15) is 31.9 Å². The van der Waals surface area contributed by atoms with Gasteiger partial charge in [-0.15, -0.1) is 11.3 Å². The van der Waals surface area contributed by atoms with Crippen molar-refractivity contribution in [1.29, 1.82) is 0 Å². The largest absolute Gasteiger partial charge is 0.310 e. The van der Waals surface area contributed by atoms with Crippen LogP contribution in [0.25, 0.3) is 10.2 Å². The number of hydrogen-bond donors (Lipinski definition) is 1. The molecule has 0 radical (unpaired) electrons. The highest BCUT2D eigenvalue weighted by atomic mass is 32.1. The number of aromatic nitrogens is 1. The van der Waals surface area contributed by atoms with Gasteiger partial charge < -0.3 is 5.32 Å². The number of thiophene rings is 1. The van der Waals surface area contributed by atoms with Gasteiger partial charge in [0.05, 0.1) is 10.2 Å². The lowest BCUT2D eigenvalue weighted by Gasteiger charge is -2.13. The fourth-order valence-electron chi connectivity index (χ4n) is 2.23. The van der Waals surface area contributed by atoms with Crippen molar-refractivity contribution in [2.45, 2.75) is 26.3 Å². The van der Waals surface area contributed by atoms with Crippen molar-refractivity contribution in [2.75, 3.05) is 6.54 Å². The first-order chi connectivity index (χ1) is 8.24. The minimum atomic E-state index is 0.404. The second kappa shape index (κ2) is 4.39. The van der Waals surface area contributed by atoms with Gasteiger partial charge in [-0.1, -0.05) is 6.92 Å². The van der Waals surface area contributed by atoms with E-state index in [-0.39, 0.29) is 0 Å². The minimum Gasteiger partial charge on any atom is -0.310 e. The van der Waals surface area contributed by atoms with Crippen LogP contribution in [0.3, 0.4) is 0 Å². The molecule has 1 aliphatic rings. The van der Waals surface area contributed by atoms with Crippen LogP contribution in [-0.4, -0.2) is 11.5 Å². The van der Waals surface area contributed by atoms with Gasteiger partial charge in [0.15, 0.2) is 0 Å². The van der Waals surface area contributed by atoms with E-state index in [0.717, 1.165) is 23.9 Å². The molecule has 0 aliphatic heterocycles. The molecule has 0 aromatic carbocycles. The highest BCUT2D eigenvalue weighted by Crippen LogP contribution is 2.37. The standard InChI is InChI=1S/C14H18N2S/c1-9-5-11(9)7-15-10(2)12-6-14-13(16-8-12)3-4-17-14/h3-4,6,8-11,15H,5,7H2,1-2H3. The highest BCUT2D eigenvalue weighted by Gasteiger charge is 2.32. The van der Waals surface area contributed by atoms with Crippen molar-refractivity contribution in [1.82, 2.24) is 10.3 Å². The zero-order valence-corrected chi connectivity index (χ0v) is 11.1. The number of hydrogen-bond acceptors (Lipinski definition) is 3. The molecule has 2 heterocycles. The van der Waals surface area contributed by atoms with Crippen LogP contribution >= 0.6 is 11.3 Å². The summed E-state index contributed by atoms with van der Waals surface area (Å²) in [6.07, 6.45) is 3.39. The normalized spacial score (nSPS) is 25.1. The first-order valence-corrected chi connectivity index (χ1v) is 7.18. The molecule has 2 aromatic heterocycles. The fraction of sp³-hybridized carbons (Fsp3) is 0.500. The van der Waals surface area contributed by atoms with E-state index in [1.54, 1.807) is 11.3 Å². The molecule has 1 aliphatic carbocycles. The van der Waals surface area contributed by atoms with Gasteiger partial charge in [-0.2, -0.15) is 0 Å². The van der Waals surface area contributed by atoms with Crippen LogP contribution in [0.2, 0.25) is 0 Å². The Bertz CT molecular complexity index is 520. The van der Waals surface area contributed by atoms with Crippen LogP contribution in [0.5, 0.6) is 0 Å². The van der Waals surface area contributed by atoms with Gasteiger partial charge in [-0.3, -0.25) is 4.98 Å². The third-order valence-corrected chi connectivity index (χ3v) is 4.64. The van der Waals surface area contributed by atoms with E-state index in [4.69, 9.17) is 0 Å².